The molecular formula is C16H24N2O5S2. The second-order valence-electron chi connectivity index (χ2n) is 6.54. The lowest BCUT2D eigenvalue weighted by atomic mass is 10.2. The zero-order chi connectivity index (χ0) is 18.1. The normalized spacial score (nSPS) is 21.2. The Labute approximate surface area is 149 Å². The maximum atomic E-state index is 12.5. The molecule has 1 aromatic rings. The van der Waals surface area contributed by atoms with E-state index in [-0.39, 0.29) is 11.0 Å². The van der Waals surface area contributed by atoms with Crippen LogP contribution in [-0.2, 0) is 20.0 Å². The Morgan fingerprint density at radius 1 is 1.16 bits per heavy atom. The van der Waals surface area contributed by atoms with E-state index in [0.717, 1.165) is 19.3 Å². The van der Waals surface area contributed by atoms with Gasteiger partial charge in [-0.25, -0.2) is 16.8 Å². The molecule has 0 aromatic heterocycles. The van der Waals surface area contributed by atoms with E-state index >= 15 is 0 Å². The van der Waals surface area contributed by atoms with Crippen molar-refractivity contribution in [1.29, 1.82) is 0 Å². The number of methoxy groups -OCH3 is 1. The Bertz CT molecular complexity index is 830. The fraction of sp³-hybridized carbons (Fsp3) is 0.625. The van der Waals surface area contributed by atoms with Crippen LogP contribution in [0.3, 0.4) is 0 Å². The highest BCUT2D eigenvalue weighted by Crippen LogP contribution is 2.36. The molecule has 2 fully saturated rings. The lowest BCUT2D eigenvalue weighted by Crippen LogP contribution is -2.38. The standard InChI is InChI=1S/C16H24N2O5S2/c1-23-16-9-8-13(17-25(21,22)14-6-2-3-7-14)12-15(16)18-10-4-5-11-24(18,19)20/h8-9,12,14,17H,2-7,10-11H2,1H3. The largest absolute Gasteiger partial charge is 0.495 e. The molecule has 7 nitrogen and oxygen atoms in total. The van der Waals surface area contributed by atoms with Gasteiger partial charge in [0.25, 0.3) is 0 Å². The maximum absolute atomic E-state index is 12.5. The summed E-state index contributed by atoms with van der Waals surface area (Å²) in [6, 6.07) is 4.76. The third-order valence-corrected chi connectivity index (χ3v) is 8.52. The van der Waals surface area contributed by atoms with E-state index in [0.29, 0.717) is 42.9 Å². The first kappa shape index (κ1) is 18.3. The van der Waals surface area contributed by atoms with E-state index < -0.39 is 20.0 Å². The lowest BCUT2D eigenvalue weighted by Gasteiger charge is -2.29. The maximum Gasteiger partial charge on any atom is 0.235 e. The van der Waals surface area contributed by atoms with Crippen molar-refractivity contribution < 1.29 is 21.6 Å². The molecule has 0 unspecified atom stereocenters. The van der Waals surface area contributed by atoms with Crippen LogP contribution in [0.2, 0.25) is 0 Å². The molecule has 1 aromatic carbocycles. The van der Waals surface area contributed by atoms with E-state index in [4.69, 9.17) is 4.74 Å². The molecule has 0 atom stereocenters. The van der Waals surface area contributed by atoms with Crippen molar-refractivity contribution in [2.45, 2.75) is 43.8 Å². The Morgan fingerprint density at radius 2 is 1.88 bits per heavy atom. The summed E-state index contributed by atoms with van der Waals surface area (Å²) in [7, 11) is -5.41. The van der Waals surface area contributed by atoms with Gasteiger partial charge in [-0.05, 0) is 43.9 Å². The second-order valence-corrected chi connectivity index (χ2v) is 10.5. The molecule has 1 saturated carbocycles. The van der Waals surface area contributed by atoms with Crippen molar-refractivity contribution >= 4 is 31.4 Å². The topological polar surface area (TPSA) is 92.8 Å². The van der Waals surface area contributed by atoms with Crippen LogP contribution in [0.1, 0.15) is 38.5 Å². The van der Waals surface area contributed by atoms with Gasteiger partial charge in [0.05, 0.1) is 29.5 Å². The molecular weight excluding hydrogens is 364 g/mol. The third-order valence-electron chi connectivity index (χ3n) is 4.80. The molecule has 0 spiro atoms. The van der Waals surface area contributed by atoms with Crippen LogP contribution in [0.25, 0.3) is 0 Å². The number of hydrogen-bond acceptors (Lipinski definition) is 5. The van der Waals surface area contributed by atoms with Crippen molar-refractivity contribution in [2.75, 3.05) is 28.4 Å². The average Bonchev–Trinajstić information content (AvgIpc) is 3.09. The Kier molecular flexibility index (Phi) is 5.15. The monoisotopic (exact) mass is 388 g/mol. The highest BCUT2D eigenvalue weighted by Gasteiger charge is 2.31. The Morgan fingerprint density at radius 3 is 2.52 bits per heavy atom. The van der Waals surface area contributed by atoms with Crippen LogP contribution in [0.15, 0.2) is 18.2 Å². The van der Waals surface area contributed by atoms with Gasteiger partial charge in [-0.2, -0.15) is 0 Å². The molecule has 0 radical (unpaired) electrons. The number of sulfonamides is 2. The number of nitrogens with one attached hydrogen (secondary N) is 1. The van der Waals surface area contributed by atoms with Gasteiger partial charge < -0.3 is 4.74 Å². The molecule has 1 aliphatic carbocycles. The highest BCUT2D eigenvalue weighted by molar-refractivity contribution is 7.93. The first-order chi connectivity index (χ1) is 11.8. The summed E-state index contributed by atoms with van der Waals surface area (Å²) in [5.74, 6) is 0.503. The van der Waals surface area contributed by atoms with Crippen molar-refractivity contribution in [3.63, 3.8) is 0 Å². The minimum atomic E-state index is -3.47. The number of rotatable bonds is 5. The molecule has 3 rings (SSSR count). The van der Waals surface area contributed by atoms with Gasteiger partial charge in [0.2, 0.25) is 20.0 Å². The van der Waals surface area contributed by atoms with Crippen molar-refractivity contribution in [3.05, 3.63) is 18.2 Å². The van der Waals surface area contributed by atoms with Crippen LogP contribution in [0.5, 0.6) is 5.75 Å². The number of anilines is 2. The van der Waals surface area contributed by atoms with Gasteiger partial charge >= 0.3 is 0 Å². The van der Waals surface area contributed by atoms with Gasteiger partial charge in [0.15, 0.2) is 0 Å². The molecule has 1 saturated heterocycles. The van der Waals surface area contributed by atoms with Gasteiger partial charge in [0.1, 0.15) is 5.75 Å². The van der Waals surface area contributed by atoms with Crippen molar-refractivity contribution in [3.8, 4) is 5.75 Å². The Balaban J connectivity index is 1.92. The smallest absolute Gasteiger partial charge is 0.235 e. The van der Waals surface area contributed by atoms with Crippen LogP contribution in [-0.4, -0.2) is 41.5 Å². The number of hydrogen-bond donors (Lipinski definition) is 1. The van der Waals surface area contributed by atoms with E-state index in [1.807, 2.05) is 0 Å². The fourth-order valence-corrected chi connectivity index (χ4v) is 6.67. The van der Waals surface area contributed by atoms with Crippen LogP contribution in [0.4, 0.5) is 11.4 Å². The van der Waals surface area contributed by atoms with E-state index in [2.05, 4.69) is 4.72 Å². The first-order valence-electron chi connectivity index (χ1n) is 8.53. The molecule has 140 valence electrons. The van der Waals surface area contributed by atoms with E-state index in [1.54, 1.807) is 18.2 Å². The molecule has 1 aliphatic heterocycles. The quantitative estimate of drug-likeness (QED) is 0.835. The van der Waals surface area contributed by atoms with Crippen LogP contribution >= 0.6 is 0 Å². The van der Waals surface area contributed by atoms with Crippen LogP contribution < -0.4 is 13.8 Å². The summed E-state index contributed by atoms with van der Waals surface area (Å²) >= 11 is 0. The van der Waals surface area contributed by atoms with Gasteiger partial charge in [-0.1, -0.05) is 12.8 Å². The summed E-state index contributed by atoms with van der Waals surface area (Å²) in [6.45, 7) is 0.373. The average molecular weight is 389 g/mol. The highest BCUT2D eigenvalue weighted by atomic mass is 32.2. The molecule has 25 heavy (non-hydrogen) atoms. The Hall–Kier alpha value is -1.48. The zero-order valence-electron chi connectivity index (χ0n) is 14.3. The summed E-state index contributed by atoms with van der Waals surface area (Å²) in [5, 5.41) is -0.378. The lowest BCUT2D eigenvalue weighted by molar-refractivity contribution is 0.415. The van der Waals surface area contributed by atoms with Crippen LogP contribution in [0, 0.1) is 0 Å². The number of ether oxygens (including phenoxy) is 1. The summed E-state index contributed by atoms with van der Waals surface area (Å²) in [5.41, 5.74) is 0.747. The summed E-state index contributed by atoms with van der Waals surface area (Å²) < 4.78 is 59.0. The fourth-order valence-electron chi connectivity index (χ4n) is 3.45. The predicted octanol–water partition coefficient (Wildman–Crippen LogP) is 2.31. The number of benzene rings is 1. The van der Waals surface area contributed by atoms with Crippen molar-refractivity contribution in [2.24, 2.45) is 0 Å². The first-order valence-corrected chi connectivity index (χ1v) is 11.7. The van der Waals surface area contributed by atoms with E-state index in [9.17, 15) is 16.8 Å². The number of nitrogens with zero attached hydrogens (tertiary/aromatic N) is 1. The zero-order valence-corrected chi connectivity index (χ0v) is 15.9. The molecule has 2 aliphatic rings. The predicted molar refractivity (Wildman–Crippen MR) is 98.2 cm³/mol. The van der Waals surface area contributed by atoms with Gasteiger partial charge in [0, 0.05) is 6.54 Å². The van der Waals surface area contributed by atoms with Gasteiger partial charge in [-0.3, -0.25) is 9.03 Å². The van der Waals surface area contributed by atoms with Gasteiger partial charge in [-0.15, -0.1) is 0 Å². The third kappa shape index (κ3) is 3.87. The summed E-state index contributed by atoms with van der Waals surface area (Å²) in [6.07, 6.45) is 4.57. The molecule has 9 heteroatoms. The minimum Gasteiger partial charge on any atom is -0.495 e. The molecule has 1 heterocycles. The minimum absolute atomic E-state index is 0.0915. The van der Waals surface area contributed by atoms with Crippen molar-refractivity contribution in [1.82, 2.24) is 0 Å². The summed E-state index contributed by atoms with van der Waals surface area (Å²) in [4.78, 5) is 0. The molecule has 1 N–H and O–H groups in total. The molecule has 0 amide bonds. The SMILES string of the molecule is COc1ccc(NS(=O)(=O)C2CCCC2)cc1N1CCCCS1(=O)=O. The van der Waals surface area contributed by atoms with E-state index in [1.165, 1.54) is 11.4 Å². The molecule has 0 bridgehead atoms. The second kappa shape index (κ2) is 7.03.